The molecule has 0 aliphatic carbocycles. The summed E-state index contributed by atoms with van der Waals surface area (Å²) in [6, 6.07) is 4.80. The number of hydrogen-bond acceptors (Lipinski definition) is 5. The van der Waals surface area contributed by atoms with E-state index in [1.54, 1.807) is 39.4 Å². The third kappa shape index (κ3) is 4.42. The lowest BCUT2D eigenvalue weighted by molar-refractivity contribution is -0.126. The number of carbonyl (C=O) groups excluding carboxylic acids is 1. The zero-order valence-electron chi connectivity index (χ0n) is 11.8. The Morgan fingerprint density at radius 1 is 1.37 bits per heavy atom. The van der Waals surface area contributed by atoms with Gasteiger partial charge in [0.1, 0.15) is 11.5 Å². The first kappa shape index (κ1) is 15.3. The fourth-order valence-corrected chi connectivity index (χ4v) is 1.65. The topological polar surface area (TPSA) is 76.8 Å². The van der Waals surface area contributed by atoms with Gasteiger partial charge in [0, 0.05) is 26.6 Å². The Morgan fingerprint density at radius 3 is 2.58 bits per heavy atom. The number of carbonyl (C=O) groups is 1. The number of amides is 1. The van der Waals surface area contributed by atoms with E-state index >= 15 is 0 Å². The maximum atomic E-state index is 11.7. The standard InChI is InChI=1S/C13H21N3O3/c1-16(2)15-13(17)11(14)7-9-5-6-10(18-3)8-12(9)19-4/h5-6,8,11H,7,14H2,1-4H3,(H,15,17). The first-order valence-corrected chi connectivity index (χ1v) is 5.92. The Hall–Kier alpha value is -1.79. The molecule has 1 amide bonds. The Morgan fingerprint density at radius 2 is 2.05 bits per heavy atom. The van der Waals surface area contributed by atoms with E-state index in [2.05, 4.69) is 5.43 Å². The van der Waals surface area contributed by atoms with Crippen molar-refractivity contribution in [3.8, 4) is 11.5 Å². The molecular formula is C13H21N3O3. The lowest BCUT2D eigenvalue weighted by Crippen LogP contribution is -2.47. The molecule has 0 saturated carbocycles. The van der Waals surface area contributed by atoms with Gasteiger partial charge >= 0.3 is 0 Å². The van der Waals surface area contributed by atoms with E-state index in [1.165, 1.54) is 0 Å². The van der Waals surface area contributed by atoms with Crippen LogP contribution in [-0.2, 0) is 11.2 Å². The molecule has 1 aromatic carbocycles. The second kappa shape index (κ2) is 6.96. The first-order chi connectivity index (χ1) is 8.97. The minimum Gasteiger partial charge on any atom is -0.497 e. The lowest BCUT2D eigenvalue weighted by Gasteiger charge is -2.17. The third-order valence-corrected chi connectivity index (χ3v) is 2.60. The molecule has 0 heterocycles. The van der Waals surface area contributed by atoms with Gasteiger partial charge in [-0.05, 0) is 11.6 Å². The number of rotatable bonds is 6. The minimum atomic E-state index is -0.635. The van der Waals surface area contributed by atoms with E-state index in [0.29, 0.717) is 17.9 Å². The van der Waals surface area contributed by atoms with Crippen LogP contribution < -0.4 is 20.6 Å². The summed E-state index contributed by atoms with van der Waals surface area (Å²) in [7, 11) is 6.63. The lowest BCUT2D eigenvalue weighted by atomic mass is 10.0. The van der Waals surface area contributed by atoms with Gasteiger partial charge in [0.2, 0.25) is 0 Å². The highest BCUT2D eigenvalue weighted by molar-refractivity contribution is 5.81. The van der Waals surface area contributed by atoms with Crippen molar-refractivity contribution in [3.05, 3.63) is 23.8 Å². The summed E-state index contributed by atoms with van der Waals surface area (Å²) in [5.41, 5.74) is 9.36. The normalized spacial score (nSPS) is 12.1. The van der Waals surface area contributed by atoms with Crippen LogP contribution in [0.3, 0.4) is 0 Å². The number of ether oxygens (including phenoxy) is 2. The van der Waals surface area contributed by atoms with Crippen LogP contribution in [0.5, 0.6) is 11.5 Å². The molecule has 0 aliphatic rings. The Balaban J connectivity index is 2.78. The molecule has 1 aromatic rings. The van der Waals surface area contributed by atoms with Crippen LogP contribution >= 0.6 is 0 Å². The second-order valence-corrected chi connectivity index (χ2v) is 4.36. The van der Waals surface area contributed by atoms with Crippen molar-refractivity contribution in [3.63, 3.8) is 0 Å². The van der Waals surface area contributed by atoms with Crippen molar-refractivity contribution in [1.29, 1.82) is 0 Å². The van der Waals surface area contributed by atoms with Crippen LogP contribution in [0.2, 0.25) is 0 Å². The number of nitrogens with zero attached hydrogens (tertiary/aromatic N) is 1. The average Bonchev–Trinajstić information content (AvgIpc) is 2.38. The van der Waals surface area contributed by atoms with Gasteiger partial charge in [-0.3, -0.25) is 10.2 Å². The van der Waals surface area contributed by atoms with Crippen molar-refractivity contribution in [1.82, 2.24) is 10.4 Å². The molecule has 0 saturated heterocycles. The predicted molar refractivity (Wildman–Crippen MR) is 73.1 cm³/mol. The molecular weight excluding hydrogens is 246 g/mol. The summed E-state index contributed by atoms with van der Waals surface area (Å²) >= 11 is 0. The van der Waals surface area contributed by atoms with Crippen LogP contribution in [0.1, 0.15) is 5.56 Å². The van der Waals surface area contributed by atoms with E-state index < -0.39 is 6.04 Å². The monoisotopic (exact) mass is 267 g/mol. The van der Waals surface area contributed by atoms with Crippen molar-refractivity contribution in [2.45, 2.75) is 12.5 Å². The van der Waals surface area contributed by atoms with Crippen molar-refractivity contribution >= 4 is 5.91 Å². The molecule has 1 rings (SSSR count). The summed E-state index contributed by atoms with van der Waals surface area (Å²) in [6.45, 7) is 0. The number of hydrazine groups is 1. The van der Waals surface area contributed by atoms with E-state index in [4.69, 9.17) is 15.2 Å². The van der Waals surface area contributed by atoms with Gasteiger partial charge in [-0.15, -0.1) is 0 Å². The number of hydrogen-bond donors (Lipinski definition) is 2. The molecule has 0 aromatic heterocycles. The van der Waals surface area contributed by atoms with Gasteiger partial charge < -0.3 is 15.2 Å². The third-order valence-electron chi connectivity index (χ3n) is 2.60. The molecule has 0 bridgehead atoms. The van der Waals surface area contributed by atoms with Gasteiger partial charge in [0.05, 0.1) is 20.3 Å². The van der Waals surface area contributed by atoms with Crippen LogP contribution in [0.4, 0.5) is 0 Å². The number of benzene rings is 1. The van der Waals surface area contributed by atoms with Gasteiger partial charge in [0.15, 0.2) is 0 Å². The highest BCUT2D eigenvalue weighted by Gasteiger charge is 2.17. The highest BCUT2D eigenvalue weighted by atomic mass is 16.5. The van der Waals surface area contributed by atoms with Gasteiger partial charge in [-0.1, -0.05) is 6.07 Å². The Bertz CT molecular complexity index is 435. The summed E-state index contributed by atoms with van der Waals surface area (Å²) in [4.78, 5) is 11.7. The molecule has 6 nitrogen and oxygen atoms in total. The number of nitrogens with two attached hydrogens (primary N) is 1. The minimum absolute atomic E-state index is 0.233. The fourth-order valence-electron chi connectivity index (χ4n) is 1.65. The van der Waals surface area contributed by atoms with Crippen molar-refractivity contribution < 1.29 is 14.3 Å². The Kier molecular flexibility index (Phi) is 5.59. The SMILES string of the molecule is COc1ccc(CC(N)C(=O)NN(C)C)c(OC)c1. The molecule has 1 unspecified atom stereocenters. The molecule has 106 valence electrons. The quantitative estimate of drug-likeness (QED) is 0.718. The van der Waals surface area contributed by atoms with Crippen LogP contribution in [-0.4, -0.2) is 45.3 Å². The smallest absolute Gasteiger partial charge is 0.251 e. The van der Waals surface area contributed by atoms with Crippen LogP contribution in [0.15, 0.2) is 18.2 Å². The summed E-state index contributed by atoms with van der Waals surface area (Å²) in [5, 5.41) is 1.56. The predicted octanol–water partition coefficient (Wildman–Crippen LogP) is 0.166. The molecule has 1 atom stereocenters. The number of methoxy groups -OCH3 is 2. The zero-order valence-corrected chi connectivity index (χ0v) is 11.8. The molecule has 0 aliphatic heterocycles. The maximum Gasteiger partial charge on any atom is 0.251 e. The molecule has 19 heavy (non-hydrogen) atoms. The van der Waals surface area contributed by atoms with E-state index in [9.17, 15) is 4.79 Å². The molecule has 0 radical (unpaired) electrons. The van der Waals surface area contributed by atoms with Crippen LogP contribution in [0.25, 0.3) is 0 Å². The van der Waals surface area contributed by atoms with Gasteiger partial charge in [-0.25, -0.2) is 5.01 Å². The average molecular weight is 267 g/mol. The summed E-state index contributed by atoms with van der Waals surface area (Å²) in [5.74, 6) is 1.13. The van der Waals surface area contributed by atoms with E-state index in [-0.39, 0.29) is 5.91 Å². The largest absolute Gasteiger partial charge is 0.497 e. The van der Waals surface area contributed by atoms with E-state index in [0.717, 1.165) is 5.56 Å². The second-order valence-electron chi connectivity index (χ2n) is 4.36. The van der Waals surface area contributed by atoms with Gasteiger partial charge in [-0.2, -0.15) is 0 Å². The molecule has 0 spiro atoms. The zero-order chi connectivity index (χ0) is 14.4. The van der Waals surface area contributed by atoms with Gasteiger partial charge in [0.25, 0.3) is 5.91 Å². The molecule has 0 fully saturated rings. The van der Waals surface area contributed by atoms with Crippen LogP contribution in [0, 0.1) is 0 Å². The number of nitrogens with one attached hydrogen (secondary N) is 1. The Labute approximate surface area is 113 Å². The molecule has 6 heteroatoms. The summed E-state index contributed by atoms with van der Waals surface area (Å²) < 4.78 is 10.4. The maximum absolute atomic E-state index is 11.7. The first-order valence-electron chi connectivity index (χ1n) is 5.92. The van der Waals surface area contributed by atoms with E-state index in [1.807, 2.05) is 12.1 Å². The van der Waals surface area contributed by atoms with Crippen molar-refractivity contribution in [2.75, 3.05) is 28.3 Å². The summed E-state index contributed by atoms with van der Waals surface area (Å²) in [6.07, 6.45) is 0.396. The van der Waals surface area contributed by atoms with Crippen molar-refractivity contribution in [2.24, 2.45) is 5.73 Å². The molecule has 3 N–H and O–H groups in total. The highest BCUT2D eigenvalue weighted by Crippen LogP contribution is 2.25. The fraction of sp³-hybridized carbons (Fsp3) is 0.462.